The second-order valence-corrected chi connectivity index (χ2v) is 8.79. The molecule has 2 amide bonds. The summed E-state index contributed by atoms with van der Waals surface area (Å²) in [6, 6.07) is 13.7. The third-order valence-corrected chi connectivity index (χ3v) is 6.89. The van der Waals surface area contributed by atoms with Crippen LogP contribution in [0.25, 0.3) is 0 Å². The lowest BCUT2D eigenvalue weighted by Crippen LogP contribution is -2.52. The lowest BCUT2D eigenvalue weighted by Gasteiger charge is -2.47. The molecule has 2 aromatic rings. The Balaban J connectivity index is 1.49. The van der Waals surface area contributed by atoms with Gasteiger partial charge in [-0.2, -0.15) is 0 Å². The maximum atomic E-state index is 13.2. The number of likely N-dealkylation sites (tertiary alicyclic amines) is 1. The number of hydrogen-bond donors (Lipinski definition) is 0. The molecule has 1 saturated heterocycles. The lowest BCUT2D eigenvalue weighted by molar-refractivity contribution is -0.131. The maximum absolute atomic E-state index is 13.2. The number of carbonyl (C=O) groups is 2. The van der Waals surface area contributed by atoms with Gasteiger partial charge in [-0.3, -0.25) is 9.59 Å². The van der Waals surface area contributed by atoms with E-state index in [0.29, 0.717) is 51.0 Å². The molecule has 0 aromatic heterocycles. The summed E-state index contributed by atoms with van der Waals surface area (Å²) in [5, 5.41) is 0. The van der Waals surface area contributed by atoms with E-state index in [-0.39, 0.29) is 29.2 Å². The Morgan fingerprint density at radius 2 is 1.72 bits per heavy atom. The number of para-hydroxylation sites is 1. The highest BCUT2D eigenvalue weighted by Gasteiger charge is 2.44. The second kappa shape index (κ2) is 9.31. The van der Waals surface area contributed by atoms with Gasteiger partial charge in [-0.05, 0) is 56.2 Å². The molecule has 1 unspecified atom stereocenters. The highest BCUT2D eigenvalue weighted by Crippen LogP contribution is 2.46. The summed E-state index contributed by atoms with van der Waals surface area (Å²) in [5.41, 5.74) is 1.23. The van der Waals surface area contributed by atoms with Crippen LogP contribution in [0.3, 0.4) is 0 Å². The van der Waals surface area contributed by atoms with Crippen molar-refractivity contribution in [1.82, 2.24) is 9.80 Å². The van der Waals surface area contributed by atoms with Crippen molar-refractivity contribution < 1.29 is 18.7 Å². The third-order valence-electron chi connectivity index (χ3n) is 6.89. The molecule has 32 heavy (non-hydrogen) atoms. The van der Waals surface area contributed by atoms with E-state index in [0.717, 1.165) is 17.7 Å². The first-order chi connectivity index (χ1) is 15.4. The molecule has 1 spiro atoms. The van der Waals surface area contributed by atoms with Gasteiger partial charge in [0.2, 0.25) is 5.91 Å². The van der Waals surface area contributed by atoms with Crippen molar-refractivity contribution in [2.24, 2.45) is 0 Å². The van der Waals surface area contributed by atoms with Gasteiger partial charge < -0.3 is 14.5 Å². The van der Waals surface area contributed by atoms with Crippen LogP contribution in [0.2, 0.25) is 0 Å². The van der Waals surface area contributed by atoms with E-state index in [1.54, 1.807) is 0 Å². The van der Waals surface area contributed by atoms with Crippen molar-refractivity contribution in [3.05, 3.63) is 65.5 Å². The van der Waals surface area contributed by atoms with Crippen LogP contribution in [0.4, 0.5) is 4.39 Å². The van der Waals surface area contributed by atoms with E-state index in [1.165, 1.54) is 24.3 Å². The fourth-order valence-corrected chi connectivity index (χ4v) is 5.04. The number of amides is 2. The molecule has 0 bridgehead atoms. The fourth-order valence-electron chi connectivity index (χ4n) is 5.04. The largest absolute Gasteiger partial charge is 0.487 e. The van der Waals surface area contributed by atoms with E-state index in [9.17, 15) is 14.0 Å². The van der Waals surface area contributed by atoms with Crippen molar-refractivity contribution in [2.45, 2.75) is 51.0 Å². The minimum Gasteiger partial charge on any atom is -0.487 e. The standard InChI is InChI=1S/C26H31FN2O3/c1-3-28(4-2)24(30)17-20-18-26(32-23-8-6-5-7-22(20)23)13-15-29(16-14-26)25(31)19-9-11-21(27)12-10-19/h5-12,20H,3-4,13-18H2,1-2H3. The van der Waals surface area contributed by atoms with Gasteiger partial charge in [0.1, 0.15) is 17.2 Å². The van der Waals surface area contributed by atoms with Crippen LogP contribution in [0.15, 0.2) is 48.5 Å². The quantitative estimate of drug-likeness (QED) is 0.684. The first-order valence-electron chi connectivity index (χ1n) is 11.5. The molecule has 2 aliphatic heterocycles. The summed E-state index contributed by atoms with van der Waals surface area (Å²) in [6.45, 7) is 6.60. The van der Waals surface area contributed by atoms with Gasteiger partial charge in [0, 0.05) is 56.9 Å². The molecular weight excluding hydrogens is 407 g/mol. The Labute approximate surface area is 189 Å². The van der Waals surface area contributed by atoms with Gasteiger partial charge in [0.15, 0.2) is 0 Å². The topological polar surface area (TPSA) is 49.9 Å². The predicted molar refractivity (Wildman–Crippen MR) is 121 cm³/mol. The SMILES string of the molecule is CCN(CC)C(=O)CC1CC2(CCN(C(=O)c3ccc(F)cc3)CC2)Oc2ccccc21. The minimum atomic E-state index is -0.373. The Bertz CT molecular complexity index is 963. The van der Waals surface area contributed by atoms with Crippen molar-refractivity contribution >= 4 is 11.8 Å². The van der Waals surface area contributed by atoms with Crippen molar-refractivity contribution in [3.63, 3.8) is 0 Å². The van der Waals surface area contributed by atoms with E-state index in [4.69, 9.17) is 4.74 Å². The van der Waals surface area contributed by atoms with Crippen molar-refractivity contribution in [3.8, 4) is 5.75 Å². The Morgan fingerprint density at radius 1 is 1.06 bits per heavy atom. The van der Waals surface area contributed by atoms with Crippen molar-refractivity contribution in [1.29, 1.82) is 0 Å². The third kappa shape index (κ3) is 4.50. The van der Waals surface area contributed by atoms with Gasteiger partial charge in [-0.15, -0.1) is 0 Å². The second-order valence-electron chi connectivity index (χ2n) is 8.79. The molecule has 0 saturated carbocycles. The van der Waals surface area contributed by atoms with Gasteiger partial charge in [0.05, 0.1) is 0 Å². The molecule has 170 valence electrons. The summed E-state index contributed by atoms with van der Waals surface area (Å²) in [4.78, 5) is 29.4. The summed E-state index contributed by atoms with van der Waals surface area (Å²) < 4.78 is 19.7. The number of hydrogen-bond acceptors (Lipinski definition) is 3. The Kier molecular flexibility index (Phi) is 6.49. The highest BCUT2D eigenvalue weighted by atomic mass is 19.1. The van der Waals surface area contributed by atoms with Crippen LogP contribution < -0.4 is 4.74 Å². The average molecular weight is 439 g/mol. The molecule has 4 rings (SSSR count). The minimum absolute atomic E-state index is 0.0793. The number of carbonyl (C=O) groups excluding carboxylic acids is 2. The fraction of sp³-hybridized carbons (Fsp3) is 0.462. The Hall–Kier alpha value is -2.89. The lowest BCUT2D eigenvalue weighted by atomic mass is 9.76. The zero-order chi connectivity index (χ0) is 22.7. The van der Waals surface area contributed by atoms with E-state index in [1.807, 2.05) is 41.8 Å². The molecule has 2 heterocycles. The molecule has 0 aliphatic carbocycles. The smallest absolute Gasteiger partial charge is 0.253 e. The highest BCUT2D eigenvalue weighted by molar-refractivity contribution is 5.94. The first kappa shape index (κ1) is 22.3. The monoisotopic (exact) mass is 438 g/mol. The molecule has 5 nitrogen and oxygen atoms in total. The van der Waals surface area contributed by atoms with Crippen LogP contribution in [-0.2, 0) is 4.79 Å². The van der Waals surface area contributed by atoms with E-state index in [2.05, 4.69) is 6.07 Å². The zero-order valence-corrected chi connectivity index (χ0v) is 18.9. The molecule has 2 aliphatic rings. The molecule has 1 fully saturated rings. The molecule has 6 heteroatoms. The number of fused-ring (bicyclic) bond motifs is 1. The van der Waals surface area contributed by atoms with Gasteiger partial charge in [-0.1, -0.05) is 18.2 Å². The maximum Gasteiger partial charge on any atom is 0.253 e. The molecule has 1 atom stereocenters. The first-order valence-corrected chi connectivity index (χ1v) is 11.5. The molecule has 2 aromatic carbocycles. The summed E-state index contributed by atoms with van der Waals surface area (Å²) >= 11 is 0. The Morgan fingerprint density at radius 3 is 2.38 bits per heavy atom. The van der Waals surface area contributed by atoms with Gasteiger partial charge >= 0.3 is 0 Å². The molecule has 0 radical (unpaired) electrons. The summed E-state index contributed by atoms with van der Waals surface area (Å²) in [7, 11) is 0. The summed E-state index contributed by atoms with van der Waals surface area (Å²) in [6.07, 6.45) is 2.67. The number of piperidine rings is 1. The normalized spacial score (nSPS) is 19.2. The molecular formula is C26H31FN2O3. The van der Waals surface area contributed by atoms with E-state index >= 15 is 0 Å². The average Bonchev–Trinajstić information content (AvgIpc) is 2.80. The van der Waals surface area contributed by atoms with E-state index < -0.39 is 0 Å². The van der Waals surface area contributed by atoms with Crippen molar-refractivity contribution in [2.75, 3.05) is 26.2 Å². The van der Waals surface area contributed by atoms with Crippen LogP contribution >= 0.6 is 0 Å². The van der Waals surface area contributed by atoms with Crippen LogP contribution in [0, 0.1) is 5.82 Å². The van der Waals surface area contributed by atoms with Gasteiger partial charge in [0.25, 0.3) is 5.91 Å². The van der Waals surface area contributed by atoms with Crippen LogP contribution in [0.1, 0.15) is 61.4 Å². The number of rotatable bonds is 5. The number of ether oxygens (including phenoxy) is 1. The summed E-state index contributed by atoms with van der Waals surface area (Å²) in [5.74, 6) is 0.709. The van der Waals surface area contributed by atoms with Crippen LogP contribution in [0.5, 0.6) is 5.75 Å². The number of nitrogens with zero attached hydrogens (tertiary/aromatic N) is 2. The van der Waals surface area contributed by atoms with Gasteiger partial charge in [-0.25, -0.2) is 4.39 Å². The zero-order valence-electron chi connectivity index (χ0n) is 18.9. The number of halogens is 1. The number of benzene rings is 2. The molecule has 0 N–H and O–H groups in total. The van der Waals surface area contributed by atoms with Crippen LogP contribution in [-0.4, -0.2) is 53.4 Å². The predicted octanol–water partition coefficient (Wildman–Crippen LogP) is 4.63.